The first-order chi connectivity index (χ1) is 18.2. The van der Waals surface area contributed by atoms with Crippen LogP contribution in [-0.2, 0) is 26.2 Å². The van der Waals surface area contributed by atoms with Gasteiger partial charge in [-0.15, -0.1) is 0 Å². The number of hydrogen-bond acceptors (Lipinski definition) is 5. The molecule has 0 unspecified atom stereocenters. The SMILES string of the molecule is CCCNC(=O)[C@H](C)N(Cc1cccc(Br)c1)C(=O)CN(c1ccccc1)S(=O)(=O)c1ccc(OC)cc1. The summed E-state index contributed by atoms with van der Waals surface area (Å²) in [6.07, 6.45) is 0.750. The summed E-state index contributed by atoms with van der Waals surface area (Å²) in [5.41, 5.74) is 1.13. The summed E-state index contributed by atoms with van der Waals surface area (Å²) in [6, 6.07) is 21.0. The Hall–Kier alpha value is -3.37. The average Bonchev–Trinajstić information content (AvgIpc) is 2.93. The number of rotatable bonds is 12. The van der Waals surface area contributed by atoms with Gasteiger partial charge in [-0.3, -0.25) is 13.9 Å². The van der Waals surface area contributed by atoms with Gasteiger partial charge in [-0.1, -0.05) is 53.2 Å². The van der Waals surface area contributed by atoms with Crippen molar-refractivity contribution in [3.8, 4) is 5.75 Å². The molecule has 3 aromatic rings. The molecule has 0 saturated carbocycles. The Labute approximate surface area is 232 Å². The number of halogens is 1. The van der Waals surface area contributed by atoms with Gasteiger partial charge in [0.2, 0.25) is 11.8 Å². The maximum Gasteiger partial charge on any atom is 0.264 e. The van der Waals surface area contributed by atoms with Crippen LogP contribution >= 0.6 is 15.9 Å². The third-order valence-corrected chi connectivity index (χ3v) is 8.21. The number of sulfonamides is 1. The molecule has 0 aliphatic carbocycles. The van der Waals surface area contributed by atoms with Crippen LogP contribution in [0.3, 0.4) is 0 Å². The number of hydrogen-bond donors (Lipinski definition) is 1. The molecular weight excluding hydrogens is 570 g/mol. The van der Waals surface area contributed by atoms with Crippen molar-refractivity contribution >= 4 is 43.5 Å². The quantitative estimate of drug-likeness (QED) is 0.327. The molecule has 0 fully saturated rings. The van der Waals surface area contributed by atoms with E-state index in [4.69, 9.17) is 4.74 Å². The molecule has 1 N–H and O–H groups in total. The van der Waals surface area contributed by atoms with Crippen molar-refractivity contribution in [3.05, 3.63) is 88.9 Å². The number of amides is 2. The van der Waals surface area contributed by atoms with Gasteiger partial charge in [-0.25, -0.2) is 8.42 Å². The molecule has 1 atom stereocenters. The van der Waals surface area contributed by atoms with Crippen molar-refractivity contribution < 1.29 is 22.7 Å². The lowest BCUT2D eigenvalue weighted by Crippen LogP contribution is -2.51. The first kappa shape index (κ1) is 29.2. The molecule has 3 aromatic carbocycles. The summed E-state index contributed by atoms with van der Waals surface area (Å²) in [6.45, 7) is 3.70. The predicted octanol–water partition coefficient (Wildman–Crippen LogP) is 4.60. The van der Waals surface area contributed by atoms with Gasteiger partial charge < -0.3 is 15.0 Å². The van der Waals surface area contributed by atoms with E-state index in [-0.39, 0.29) is 17.3 Å². The minimum atomic E-state index is -4.13. The van der Waals surface area contributed by atoms with E-state index in [1.165, 1.54) is 24.1 Å². The fraction of sp³-hybridized carbons (Fsp3) is 0.286. The number of para-hydroxylation sites is 1. The van der Waals surface area contributed by atoms with Gasteiger partial charge >= 0.3 is 0 Å². The van der Waals surface area contributed by atoms with Crippen LogP contribution in [0.15, 0.2) is 88.2 Å². The van der Waals surface area contributed by atoms with E-state index in [1.54, 1.807) is 49.4 Å². The fourth-order valence-electron chi connectivity index (χ4n) is 3.81. The van der Waals surface area contributed by atoms with Crippen molar-refractivity contribution in [3.63, 3.8) is 0 Å². The molecule has 0 heterocycles. The van der Waals surface area contributed by atoms with Gasteiger partial charge in [0, 0.05) is 17.6 Å². The van der Waals surface area contributed by atoms with Gasteiger partial charge in [-0.2, -0.15) is 0 Å². The van der Waals surface area contributed by atoms with E-state index in [0.717, 1.165) is 20.8 Å². The normalized spacial score (nSPS) is 11.9. The highest BCUT2D eigenvalue weighted by Crippen LogP contribution is 2.26. The van der Waals surface area contributed by atoms with E-state index in [0.29, 0.717) is 18.0 Å². The average molecular weight is 603 g/mol. The largest absolute Gasteiger partial charge is 0.497 e. The highest BCUT2D eigenvalue weighted by molar-refractivity contribution is 9.10. The lowest BCUT2D eigenvalue weighted by Gasteiger charge is -2.32. The lowest BCUT2D eigenvalue weighted by atomic mass is 10.1. The van der Waals surface area contributed by atoms with Crippen LogP contribution in [0.1, 0.15) is 25.8 Å². The van der Waals surface area contributed by atoms with Crippen molar-refractivity contribution in [2.24, 2.45) is 0 Å². The van der Waals surface area contributed by atoms with Crippen molar-refractivity contribution in [1.29, 1.82) is 0 Å². The van der Waals surface area contributed by atoms with Gasteiger partial charge in [0.1, 0.15) is 18.3 Å². The predicted molar refractivity (Wildman–Crippen MR) is 151 cm³/mol. The van der Waals surface area contributed by atoms with E-state index >= 15 is 0 Å². The smallest absolute Gasteiger partial charge is 0.264 e. The van der Waals surface area contributed by atoms with Gasteiger partial charge in [0.05, 0.1) is 17.7 Å². The van der Waals surface area contributed by atoms with Crippen LogP contribution < -0.4 is 14.4 Å². The number of carbonyl (C=O) groups is 2. The van der Waals surface area contributed by atoms with Crippen molar-refractivity contribution in [2.75, 3.05) is 24.5 Å². The molecule has 0 saturated heterocycles. The second-order valence-electron chi connectivity index (χ2n) is 8.64. The molecule has 10 heteroatoms. The van der Waals surface area contributed by atoms with Gasteiger partial charge in [-0.05, 0) is 67.4 Å². The van der Waals surface area contributed by atoms with Crippen LogP contribution in [0.25, 0.3) is 0 Å². The molecule has 202 valence electrons. The Kier molecular flexibility index (Phi) is 10.3. The highest BCUT2D eigenvalue weighted by Gasteiger charge is 2.32. The van der Waals surface area contributed by atoms with Crippen LogP contribution in [0.2, 0.25) is 0 Å². The Morgan fingerprint density at radius 2 is 1.68 bits per heavy atom. The fourth-order valence-corrected chi connectivity index (χ4v) is 5.67. The summed E-state index contributed by atoms with van der Waals surface area (Å²) in [5.74, 6) is -0.303. The lowest BCUT2D eigenvalue weighted by molar-refractivity contribution is -0.139. The zero-order valence-electron chi connectivity index (χ0n) is 21.6. The summed E-state index contributed by atoms with van der Waals surface area (Å²) in [5, 5.41) is 2.83. The number of carbonyl (C=O) groups excluding carboxylic acids is 2. The molecule has 0 bridgehead atoms. The molecule has 0 spiro atoms. The minimum absolute atomic E-state index is 0.0160. The third kappa shape index (κ3) is 7.35. The van der Waals surface area contributed by atoms with Crippen LogP contribution in [0.4, 0.5) is 5.69 Å². The monoisotopic (exact) mass is 601 g/mol. The van der Waals surface area contributed by atoms with E-state index in [2.05, 4.69) is 21.2 Å². The molecular formula is C28H32BrN3O5S. The maximum atomic E-state index is 13.8. The van der Waals surface area contributed by atoms with Crippen LogP contribution in [0.5, 0.6) is 5.75 Å². The van der Waals surface area contributed by atoms with Crippen LogP contribution in [0, 0.1) is 0 Å². The Morgan fingerprint density at radius 1 is 1.00 bits per heavy atom. The number of nitrogens with one attached hydrogen (secondary N) is 1. The number of anilines is 1. The second-order valence-corrected chi connectivity index (χ2v) is 11.4. The van der Waals surface area contributed by atoms with Gasteiger partial charge in [0.25, 0.3) is 10.0 Å². The maximum absolute atomic E-state index is 13.8. The number of nitrogens with zero attached hydrogens (tertiary/aromatic N) is 2. The zero-order chi connectivity index (χ0) is 27.7. The number of ether oxygens (including phenoxy) is 1. The standard InChI is InChI=1S/C28H32BrN3O5S/c1-4-17-30-28(34)21(2)31(19-22-9-8-10-23(29)18-22)27(33)20-32(24-11-6-5-7-12-24)38(35,36)26-15-13-25(37-3)14-16-26/h5-16,18,21H,4,17,19-20H2,1-3H3,(H,30,34)/t21-/m0/s1. The molecule has 0 aromatic heterocycles. The van der Waals surface area contributed by atoms with E-state index < -0.39 is 28.5 Å². The van der Waals surface area contributed by atoms with Crippen molar-refractivity contribution in [1.82, 2.24) is 10.2 Å². The van der Waals surface area contributed by atoms with Crippen LogP contribution in [-0.4, -0.2) is 51.4 Å². The highest BCUT2D eigenvalue weighted by atomic mass is 79.9. The first-order valence-corrected chi connectivity index (χ1v) is 14.4. The topological polar surface area (TPSA) is 96.0 Å². The number of benzene rings is 3. The Balaban J connectivity index is 1.99. The summed E-state index contributed by atoms with van der Waals surface area (Å²) >= 11 is 3.44. The molecule has 0 aliphatic rings. The molecule has 0 aliphatic heterocycles. The zero-order valence-corrected chi connectivity index (χ0v) is 24.0. The summed E-state index contributed by atoms with van der Waals surface area (Å²) in [4.78, 5) is 28.1. The van der Waals surface area contributed by atoms with Gasteiger partial charge in [0.15, 0.2) is 0 Å². The molecule has 3 rings (SSSR count). The summed E-state index contributed by atoms with van der Waals surface area (Å²) in [7, 11) is -2.63. The summed E-state index contributed by atoms with van der Waals surface area (Å²) < 4.78 is 34.6. The Bertz CT molecular complexity index is 1330. The van der Waals surface area contributed by atoms with Crippen molar-refractivity contribution in [2.45, 2.75) is 37.8 Å². The molecule has 2 amide bonds. The van der Waals surface area contributed by atoms with E-state index in [1.807, 2.05) is 31.2 Å². The molecule has 0 radical (unpaired) electrons. The minimum Gasteiger partial charge on any atom is -0.497 e. The molecule has 8 nitrogen and oxygen atoms in total. The third-order valence-electron chi connectivity index (χ3n) is 5.93. The Morgan fingerprint density at radius 3 is 2.29 bits per heavy atom. The first-order valence-electron chi connectivity index (χ1n) is 12.2. The molecule has 38 heavy (non-hydrogen) atoms. The second kappa shape index (κ2) is 13.4. The number of methoxy groups -OCH3 is 1. The van der Waals surface area contributed by atoms with E-state index in [9.17, 15) is 18.0 Å².